The summed E-state index contributed by atoms with van der Waals surface area (Å²) in [7, 11) is 1.63. The van der Waals surface area contributed by atoms with E-state index in [4.69, 9.17) is 9.72 Å². The Kier molecular flexibility index (Phi) is 6.96. The van der Waals surface area contributed by atoms with Gasteiger partial charge in [-0.3, -0.25) is 14.6 Å². The number of thiazole rings is 1. The molecule has 1 aromatic heterocycles. The molecule has 3 aromatic rings. The van der Waals surface area contributed by atoms with E-state index in [0.717, 1.165) is 54.9 Å². The molecule has 1 amide bonds. The first-order chi connectivity index (χ1) is 15.1. The van der Waals surface area contributed by atoms with E-state index in [0.29, 0.717) is 0 Å². The summed E-state index contributed by atoms with van der Waals surface area (Å²) in [6.45, 7) is 6.42. The number of carbonyl (C=O) groups excluding carboxylic acids is 1. The molecule has 1 aliphatic rings. The fourth-order valence-corrected chi connectivity index (χ4v) is 4.53. The molecule has 0 bridgehead atoms. The summed E-state index contributed by atoms with van der Waals surface area (Å²) in [5.41, 5.74) is 3.07. The first kappa shape index (κ1) is 21.5. The molecule has 0 radical (unpaired) electrons. The smallest absolute Gasteiger partial charge is 0.241 e. The molecular weight excluding hydrogens is 408 g/mol. The zero-order chi connectivity index (χ0) is 21.6. The Labute approximate surface area is 187 Å². The molecule has 1 aliphatic heterocycles. The van der Waals surface area contributed by atoms with Crippen LogP contribution in [-0.4, -0.2) is 60.0 Å². The predicted molar refractivity (Wildman–Crippen MR) is 125 cm³/mol. The van der Waals surface area contributed by atoms with Crippen LogP contribution in [0.2, 0.25) is 0 Å². The van der Waals surface area contributed by atoms with E-state index in [-0.39, 0.29) is 11.9 Å². The van der Waals surface area contributed by atoms with Gasteiger partial charge in [0.05, 0.1) is 18.8 Å². The Bertz CT molecular complexity index is 982. The Balaban J connectivity index is 1.26. The average molecular weight is 437 g/mol. The number of nitrogens with one attached hydrogen (secondary N) is 1. The molecular formula is C24H28N4O2S. The number of ether oxygens (including phenoxy) is 1. The van der Waals surface area contributed by atoms with Crippen LogP contribution in [0.5, 0.6) is 5.75 Å². The van der Waals surface area contributed by atoms with Gasteiger partial charge in [0, 0.05) is 49.4 Å². The van der Waals surface area contributed by atoms with Crippen molar-refractivity contribution in [2.45, 2.75) is 19.5 Å². The normalized spacial score (nSPS) is 16.1. The zero-order valence-electron chi connectivity index (χ0n) is 18.0. The lowest BCUT2D eigenvalue weighted by Crippen LogP contribution is -2.52. The Morgan fingerprint density at radius 3 is 2.48 bits per heavy atom. The van der Waals surface area contributed by atoms with Gasteiger partial charge in [-0.2, -0.15) is 0 Å². The topological polar surface area (TPSA) is 57.7 Å². The van der Waals surface area contributed by atoms with Crippen LogP contribution in [0, 0.1) is 0 Å². The number of piperazine rings is 1. The van der Waals surface area contributed by atoms with Crippen molar-refractivity contribution in [1.29, 1.82) is 0 Å². The number of rotatable bonds is 7. The van der Waals surface area contributed by atoms with Crippen LogP contribution >= 0.6 is 11.3 Å². The molecule has 0 aliphatic carbocycles. The van der Waals surface area contributed by atoms with Gasteiger partial charge in [-0.1, -0.05) is 30.3 Å². The number of hydrogen-bond acceptors (Lipinski definition) is 6. The molecule has 1 atom stereocenters. The molecule has 1 saturated heterocycles. The van der Waals surface area contributed by atoms with Gasteiger partial charge >= 0.3 is 0 Å². The number of carbonyl (C=O) groups is 1. The molecule has 0 saturated carbocycles. The third kappa shape index (κ3) is 5.50. The second-order valence-electron chi connectivity index (χ2n) is 7.72. The van der Waals surface area contributed by atoms with Crippen LogP contribution in [0.3, 0.4) is 0 Å². The Hall–Kier alpha value is -2.74. The van der Waals surface area contributed by atoms with Crippen LogP contribution < -0.4 is 10.1 Å². The lowest BCUT2D eigenvalue weighted by Gasteiger charge is -2.37. The maximum absolute atomic E-state index is 12.7. The van der Waals surface area contributed by atoms with E-state index in [9.17, 15) is 4.79 Å². The maximum atomic E-state index is 12.7. The third-order valence-electron chi connectivity index (χ3n) is 5.65. The highest BCUT2D eigenvalue weighted by molar-refractivity contribution is 7.13. The van der Waals surface area contributed by atoms with E-state index in [1.807, 2.05) is 49.4 Å². The number of hydrogen-bond donors (Lipinski definition) is 1. The molecule has 162 valence electrons. The number of nitrogens with zero attached hydrogens (tertiary/aromatic N) is 3. The largest absolute Gasteiger partial charge is 0.497 e. The van der Waals surface area contributed by atoms with Crippen molar-refractivity contribution in [2.24, 2.45) is 0 Å². The van der Waals surface area contributed by atoms with Crippen LogP contribution in [0.15, 0.2) is 60.0 Å². The van der Waals surface area contributed by atoms with Gasteiger partial charge in [-0.25, -0.2) is 4.98 Å². The molecule has 1 N–H and O–H groups in total. The number of anilines is 1. The SMILES string of the molecule is COc1ccc(NC(=O)[C@H](C)N2CCN(Cc3csc(-c4ccccc4)n3)CC2)cc1. The molecule has 0 unspecified atom stereocenters. The van der Waals surface area contributed by atoms with Crippen molar-refractivity contribution in [2.75, 3.05) is 38.6 Å². The van der Waals surface area contributed by atoms with E-state index < -0.39 is 0 Å². The highest BCUT2D eigenvalue weighted by Crippen LogP contribution is 2.24. The molecule has 1 fully saturated rings. The Morgan fingerprint density at radius 1 is 1.10 bits per heavy atom. The molecule has 2 heterocycles. The molecule has 6 nitrogen and oxygen atoms in total. The average Bonchev–Trinajstić information content (AvgIpc) is 3.28. The number of benzene rings is 2. The molecule has 31 heavy (non-hydrogen) atoms. The first-order valence-electron chi connectivity index (χ1n) is 10.5. The van der Waals surface area contributed by atoms with Crippen molar-refractivity contribution >= 4 is 22.9 Å². The van der Waals surface area contributed by atoms with Crippen LogP contribution in [0.4, 0.5) is 5.69 Å². The number of methoxy groups -OCH3 is 1. The second-order valence-corrected chi connectivity index (χ2v) is 8.57. The minimum absolute atomic E-state index is 0.0191. The van der Waals surface area contributed by atoms with Gasteiger partial charge in [-0.05, 0) is 31.2 Å². The third-order valence-corrected chi connectivity index (χ3v) is 6.59. The fraction of sp³-hybridized carbons (Fsp3) is 0.333. The summed E-state index contributed by atoms with van der Waals surface area (Å²) in [5.74, 6) is 0.795. The molecule has 0 spiro atoms. The fourth-order valence-electron chi connectivity index (χ4n) is 3.72. The van der Waals surface area contributed by atoms with E-state index in [1.54, 1.807) is 18.4 Å². The standard InChI is InChI=1S/C24H28N4O2S/c1-18(23(29)25-20-8-10-22(30-2)11-9-20)28-14-12-27(13-15-28)16-21-17-31-24(26-21)19-6-4-3-5-7-19/h3-11,17-18H,12-16H2,1-2H3,(H,25,29)/t18-/m0/s1. The first-order valence-corrected chi connectivity index (χ1v) is 11.4. The van der Waals surface area contributed by atoms with Crippen molar-refractivity contribution in [1.82, 2.24) is 14.8 Å². The monoisotopic (exact) mass is 436 g/mol. The van der Waals surface area contributed by atoms with E-state index >= 15 is 0 Å². The predicted octanol–water partition coefficient (Wildman–Crippen LogP) is 3.96. The van der Waals surface area contributed by atoms with Crippen molar-refractivity contribution in [3.05, 3.63) is 65.7 Å². The summed E-state index contributed by atoms with van der Waals surface area (Å²) in [6.07, 6.45) is 0. The van der Waals surface area contributed by atoms with Crippen LogP contribution in [0.25, 0.3) is 10.6 Å². The van der Waals surface area contributed by atoms with Gasteiger partial charge in [0.2, 0.25) is 5.91 Å². The summed E-state index contributed by atoms with van der Waals surface area (Å²) in [5, 5.41) is 6.22. The van der Waals surface area contributed by atoms with Gasteiger partial charge in [-0.15, -0.1) is 11.3 Å². The highest BCUT2D eigenvalue weighted by atomic mass is 32.1. The second kappa shape index (κ2) is 10.0. The zero-order valence-corrected chi connectivity index (χ0v) is 18.8. The van der Waals surface area contributed by atoms with Gasteiger partial charge in [0.1, 0.15) is 10.8 Å². The van der Waals surface area contributed by atoms with Crippen molar-refractivity contribution in [3.63, 3.8) is 0 Å². The van der Waals surface area contributed by atoms with Crippen molar-refractivity contribution in [3.8, 4) is 16.3 Å². The van der Waals surface area contributed by atoms with Crippen molar-refractivity contribution < 1.29 is 9.53 Å². The summed E-state index contributed by atoms with van der Waals surface area (Å²) >= 11 is 1.69. The number of amides is 1. The lowest BCUT2D eigenvalue weighted by atomic mass is 10.2. The number of aromatic nitrogens is 1. The van der Waals surface area contributed by atoms with Gasteiger partial charge < -0.3 is 10.1 Å². The van der Waals surface area contributed by atoms with E-state index in [2.05, 4.69) is 32.6 Å². The minimum Gasteiger partial charge on any atom is -0.497 e. The minimum atomic E-state index is -0.173. The molecule has 2 aromatic carbocycles. The van der Waals surface area contributed by atoms with Crippen LogP contribution in [0.1, 0.15) is 12.6 Å². The summed E-state index contributed by atoms with van der Waals surface area (Å²) in [4.78, 5) is 22.1. The van der Waals surface area contributed by atoms with Gasteiger partial charge in [0.25, 0.3) is 0 Å². The maximum Gasteiger partial charge on any atom is 0.241 e. The quantitative estimate of drug-likeness (QED) is 0.608. The van der Waals surface area contributed by atoms with E-state index in [1.165, 1.54) is 5.56 Å². The Morgan fingerprint density at radius 2 is 1.81 bits per heavy atom. The summed E-state index contributed by atoms with van der Waals surface area (Å²) < 4.78 is 5.16. The molecule has 7 heteroatoms. The lowest BCUT2D eigenvalue weighted by molar-refractivity contribution is -0.121. The van der Waals surface area contributed by atoms with Crippen LogP contribution in [-0.2, 0) is 11.3 Å². The molecule has 4 rings (SSSR count). The van der Waals surface area contributed by atoms with Gasteiger partial charge in [0.15, 0.2) is 0 Å². The highest BCUT2D eigenvalue weighted by Gasteiger charge is 2.26. The summed E-state index contributed by atoms with van der Waals surface area (Å²) in [6, 6.07) is 17.5.